The Bertz CT molecular complexity index is 1310. The van der Waals surface area contributed by atoms with Crippen molar-refractivity contribution in [2.75, 3.05) is 13.2 Å². The van der Waals surface area contributed by atoms with E-state index < -0.39 is 63.6 Å². The van der Waals surface area contributed by atoms with Gasteiger partial charge in [0.1, 0.15) is 12.3 Å². The van der Waals surface area contributed by atoms with Gasteiger partial charge in [-0.3, -0.25) is 19.2 Å². The first kappa shape index (κ1) is 38.4. The molecule has 1 aromatic rings. The summed E-state index contributed by atoms with van der Waals surface area (Å²) in [6, 6.07) is 5.59. The maximum Gasteiger partial charge on any atom is 0.325 e. The van der Waals surface area contributed by atoms with E-state index in [4.69, 9.17) is 22.5 Å². The number of nitro benzene ring substituents is 1. The fourth-order valence-corrected chi connectivity index (χ4v) is 7.29. The van der Waals surface area contributed by atoms with Crippen molar-refractivity contribution in [3.8, 4) is 0 Å². The molecular weight excluding hydrogens is 651 g/mol. The van der Waals surface area contributed by atoms with E-state index in [9.17, 15) is 23.7 Å². The number of amides is 2. The number of carbonyl (C=O) groups excluding carboxylic acids is 1. The van der Waals surface area contributed by atoms with Crippen LogP contribution in [0.5, 0.6) is 0 Å². The third-order valence-corrected chi connectivity index (χ3v) is 18.9. The Morgan fingerprint density at radius 2 is 1.72 bits per heavy atom. The second-order valence-corrected chi connectivity index (χ2v) is 25.0. The van der Waals surface area contributed by atoms with Crippen LogP contribution in [-0.2, 0) is 33.9 Å². The van der Waals surface area contributed by atoms with Crippen LogP contribution in [0.25, 0.3) is 0 Å². The molecule has 4 unspecified atom stereocenters. The summed E-state index contributed by atoms with van der Waals surface area (Å²) < 4.78 is 53.8. The van der Waals surface area contributed by atoms with E-state index >= 15 is 0 Å². The van der Waals surface area contributed by atoms with Crippen molar-refractivity contribution in [2.45, 2.75) is 122 Å². The molecule has 0 radical (unpaired) electrons. The molecule has 16 heteroatoms. The van der Waals surface area contributed by atoms with E-state index in [0.29, 0.717) is 18.6 Å². The van der Waals surface area contributed by atoms with Gasteiger partial charge in [-0.15, -0.1) is 0 Å². The van der Waals surface area contributed by atoms with Crippen LogP contribution in [-0.4, -0.2) is 79.1 Å². The van der Waals surface area contributed by atoms with Crippen molar-refractivity contribution in [3.63, 3.8) is 0 Å². The van der Waals surface area contributed by atoms with Crippen LogP contribution in [0.4, 0.5) is 10.5 Å². The Balaban J connectivity index is 1.89. The molecule has 13 nitrogen and oxygen atoms in total. The van der Waals surface area contributed by atoms with Gasteiger partial charge < -0.3 is 28.2 Å². The van der Waals surface area contributed by atoms with E-state index in [0.717, 1.165) is 0 Å². The summed E-state index contributed by atoms with van der Waals surface area (Å²) in [5.41, 5.74) is 0.527. The van der Waals surface area contributed by atoms with E-state index in [1.54, 1.807) is 25.1 Å². The van der Waals surface area contributed by atoms with Crippen LogP contribution < -0.4 is 5.32 Å². The molecule has 46 heavy (non-hydrogen) atoms. The summed E-state index contributed by atoms with van der Waals surface area (Å²) >= 11 is -2.95. The van der Waals surface area contributed by atoms with Crippen molar-refractivity contribution in [1.82, 2.24) is 10.2 Å². The molecule has 1 N–H and O–H groups in total. The minimum absolute atomic E-state index is 0.0147. The molecule has 1 fully saturated rings. The number of ether oxygens (including phenoxy) is 2. The molecule has 2 aliphatic rings. The highest BCUT2D eigenvalue weighted by atomic mass is 32.2. The average Bonchev–Trinajstić information content (AvgIpc) is 3.31. The smallest absolute Gasteiger partial charge is 0.325 e. The molecule has 6 atom stereocenters. The highest BCUT2D eigenvalue weighted by Gasteiger charge is 2.48. The summed E-state index contributed by atoms with van der Waals surface area (Å²) in [7, 11) is -4.38. The number of para-hydroxylation sites is 1. The van der Waals surface area contributed by atoms with Gasteiger partial charge in [-0.25, -0.2) is 9.00 Å². The normalized spacial score (nSPS) is 24.4. The second kappa shape index (κ2) is 14.6. The molecule has 2 aliphatic heterocycles. The zero-order valence-corrected chi connectivity index (χ0v) is 31.6. The Kier molecular flexibility index (Phi) is 12.2. The summed E-state index contributed by atoms with van der Waals surface area (Å²) in [4.78, 5) is 25.8. The van der Waals surface area contributed by atoms with Gasteiger partial charge in [0.05, 0.1) is 47.3 Å². The highest BCUT2D eigenvalue weighted by molar-refractivity contribution is 7.74. The molecule has 1 aromatic carbocycles. The van der Waals surface area contributed by atoms with Crippen molar-refractivity contribution >= 4 is 39.7 Å². The molecule has 0 aromatic heterocycles. The monoisotopic (exact) mass is 700 g/mol. The highest BCUT2D eigenvalue weighted by Crippen LogP contribution is 2.42. The quantitative estimate of drug-likeness (QED) is 0.108. The molecule has 0 bridgehead atoms. The topological polar surface area (TPSA) is 162 Å². The van der Waals surface area contributed by atoms with E-state index in [-0.39, 0.29) is 34.0 Å². The Morgan fingerprint density at radius 1 is 1.11 bits per heavy atom. The lowest BCUT2D eigenvalue weighted by atomic mass is 10.1. The van der Waals surface area contributed by atoms with Gasteiger partial charge >= 0.3 is 6.03 Å². The van der Waals surface area contributed by atoms with E-state index in [2.05, 4.69) is 73.0 Å². The maximum absolute atomic E-state index is 13.3. The second-order valence-electron chi connectivity index (χ2n) is 14.9. The number of benzene rings is 1. The van der Waals surface area contributed by atoms with Crippen LogP contribution in [0.1, 0.15) is 66.6 Å². The lowest BCUT2D eigenvalue weighted by Gasteiger charge is -2.40. The van der Waals surface area contributed by atoms with Gasteiger partial charge in [-0.1, -0.05) is 53.7 Å². The van der Waals surface area contributed by atoms with E-state index in [1.165, 1.54) is 17.2 Å². The van der Waals surface area contributed by atoms with Crippen LogP contribution >= 0.6 is 0 Å². The number of carbonyl (C=O) groups is 1. The Hall–Kier alpha value is -2.03. The number of hydrogen-bond acceptors (Lipinski definition) is 10. The van der Waals surface area contributed by atoms with Gasteiger partial charge in [-0.2, -0.15) is 0 Å². The molecule has 3 rings (SSSR count). The van der Waals surface area contributed by atoms with Crippen LogP contribution in [0, 0.1) is 10.1 Å². The van der Waals surface area contributed by atoms with Crippen molar-refractivity contribution < 1.29 is 41.0 Å². The lowest BCUT2D eigenvalue weighted by molar-refractivity contribution is -0.386. The Labute approximate surface area is 277 Å². The van der Waals surface area contributed by atoms with Crippen LogP contribution in [0.3, 0.4) is 0 Å². The standard InChI is InChI=1S/C30H51N3O10SSi2/c1-20(22-14-12-13-15-23(22)33(35)36)39-18-21-17-32(28(34)31-27(21)42-44(37)38)26-16-24(43-46(10,11)30(5,6)7)25(41-26)19-40-45(8,9)29(2,3)4/h12-15,17,20,24-27H,16,18-19H2,1-11H3,(H,31,34)(H,37,38)/p-1/t20?,24?,25-,26-,27?/m1/s1. The Morgan fingerprint density at radius 3 is 2.28 bits per heavy atom. The molecule has 1 saturated heterocycles. The van der Waals surface area contributed by atoms with Gasteiger partial charge in [-0.05, 0) is 49.3 Å². The minimum Gasteiger partial charge on any atom is -0.750 e. The van der Waals surface area contributed by atoms with Gasteiger partial charge in [0, 0.05) is 24.3 Å². The fourth-order valence-electron chi connectivity index (χ4n) is 4.59. The number of rotatable bonds is 13. The number of hydrogen-bond donors (Lipinski definition) is 1. The summed E-state index contributed by atoms with van der Waals surface area (Å²) in [6.07, 6.45) is -1.78. The third-order valence-electron chi connectivity index (χ3n) is 9.53. The minimum atomic E-state index is -2.95. The van der Waals surface area contributed by atoms with Crippen LogP contribution in [0.2, 0.25) is 36.3 Å². The molecule has 260 valence electrons. The lowest BCUT2D eigenvalue weighted by Crippen LogP contribution is -2.53. The first-order chi connectivity index (χ1) is 21.0. The summed E-state index contributed by atoms with van der Waals surface area (Å²) in [5, 5.41) is 14.0. The molecule has 0 spiro atoms. The summed E-state index contributed by atoms with van der Waals surface area (Å²) in [6.45, 7) is 23.4. The molecular formula is C30H50N3O10SSi2-. The maximum atomic E-state index is 13.3. The van der Waals surface area contributed by atoms with Crippen molar-refractivity contribution in [3.05, 3.63) is 51.7 Å². The number of nitro groups is 1. The largest absolute Gasteiger partial charge is 0.750 e. The fraction of sp³-hybridized carbons (Fsp3) is 0.700. The molecule has 0 aliphatic carbocycles. The van der Waals surface area contributed by atoms with E-state index in [1.807, 2.05) is 0 Å². The zero-order valence-electron chi connectivity index (χ0n) is 28.8. The number of nitrogens with one attached hydrogen (secondary N) is 1. The van der Waals surface area contributed by atoms with Gasteiger partial charge in [0.2, 0.25) is 0 Å². The predicted molar refractivity (Wildman–Crippen MR) is 178 cm³/mol. The SMILES string of the molecule is CC(OCC1=CN([C@H]2CC(O[Si](C)(C)C(C)(C)C)[C@@H](CO[Si](C)(C)C(C)(C)C)O2)C(=O)NC1OS(=O)[O-])c1ccccc1[N+](=O)[O-]. The number of urea groups is 1. The van der Waals surface area contributed by atoms with Crippen molar-refractivity contribution in [2.24, 2.45) is 0 Å². The number of nitrogens with zero attached hydrogens (tertiary/aromatic N) is 2. The van der Waals surface area contributed by atoms with Crippen LogP contribution in [0.15, 0.2) is 36.0 Å². The third kappa shape index (κ3) is 9.32. The van der Waals surface area contributed by atoms with Gasteiger partial charge in [0.15, 0.2) is 22.9 Å². The first-order valence-corrected chi connectivity index (χ1v) is 22.2. The van der Waals surface area contributed by atoms with Crippen molar-refractivity contribution in [1.29, 1.82) is 0 Å². The molecule has 0 saturated carbocycles. The molecule has 2 amide bonds. The summed E-state index contributed by atoms with van der Waals surface area (Å²) in [5.74, 6) is 0. The first-order valence-electron chi connectivity index (χ1n) is 15.4. The predicted octanol–water partition coefficient (Wildman–Crippen LogP) is 6.25. The molecule has 2 heterocycles. The zero-order chi connectivity index (χ0) is 34.8. The average molecular weight is 701 g/mol. The van der Waals surface area contributed by atoms with Gasteiger partial charge in [0.25, 0.3) is 5.69 Å².